The van der Waals surface area contributed by atoms with Crippen LogP contribution in [0.3, 0.4) is 0 Å². The highest BCUT2D eigenvalue weighted by Crippen LogP contribution is 2.14. The smallest absolute Gasteiger partial charge is 0.326 e. The van der Waals surface area contributed by atoms with E-state index < -0.39 is 53.8 Å². The molecule has 11 heteroatoms. The summed E-state index contributed by atoms with van der Waals surface area (Å²) in [5, 5.41) is 17.2. The fourth-order valence-corrected chi connectivity index (χ4v) is 3.17. The molecule has 8 N–H and O–H groups in total. The van der Waals surface area contributed by atoms with Crippen molar-refractivity contribution >= 4 is 29.6 Å². The lowest BCUT2D eigenvalue weighted by Crippen LogP contribution is -2.60. The van der Waals surface area contributed by atoms with Crippen LogP contribution in [0.15, 0.2) is 0 Å². The van der Waals surface area contributed by atoms with E-state index in [9.17, 15) is 29.1 Å². The van der Waals surface area contributed by atoms with Crippen LogP contribution in [-0.2, 0) is 24.0 Å². The minimum atomic E-state index is -1.21. The molecule has 0 fully saturated rings. The minimum Gasteiger partial charge on any atom is -0.480 e. The largest absolute Gasteiger partial charge is 0.480 e. The third-order valence-corrected chi connectivity index (χ3v) is 5.67. The fourth-order valence-electron chi connectivity index (χ4n) is 3.17. The number of aliphatic carboxylic acids is 1. The molecule has 0 saturated carbocycles. The lowest BCUT2D eigenvalue weighted by Gasteiger charge is -2.30. The van der Waals surface area contributed by atoms with Crippen molar-refractivity contribution in [3.8, 4) is 0 Å². The number of carbonyl (C=O) groups excluding carboxylic acids is 4. The van der Waals surface area contributed by atoms with E-state index in [0.717, 1.165) is 0 Å². The van der Waals surface area contributed by atoms with Crippen molar-refractivity contribution in [2.45, 2.75) is 91.4 Å². The van der Waals surface area contributed by atoms with E-state index in [-0.39, 0.29) is 30.6 Å². The average molecular weight is 472 g/mol. The number of carboxylic acids is 1. The van der Waals surface area contributed by atoms with Crippen LogP contribution in [0.25, 0.3) is 0 Å². The maximum Gasteiger partial charge on any atom is 0.326 e. The first kappa shape index (κ1) is 30.3. The van der Waals surface area contributed by atoms with Crippen LogP contribution in [0.2, 0.25) is 0 Å². The van der Waals surface area contributed by atoms with Gasteiger partial charge in [-0.25, -0.2) is 4.79 Å². The van der Waals surface area contributed by atoms with Gasteiger partial charge in [0.2, 0.25) is 23.6 Å². The van der Waals surface area contributed by atoms with Crippen molar-refractivity contribution in [2.24, 2.45) is 29.2 Å². The molecule has 33 heavy (non-hydrogen) atoms. The molecule has 0 aliphatic carbocycles. The molecule has 0 rings (SSSR count). The minimum absolute atomic E-state index is 0.0395. The second-order valence-electron chi connectivity index (χ2n) is 9.05. The lowest BCUT2D eigenvalue weighted by atomic mass is 9.94. The van der Waals surface area contributed by atoms with Crippen LogP contribution in [0.4, 0.5) is 0 Å². The van der Waals surface area contributed by atoms with Gasteiger partial charge in [-0.3, -0.25) is 19.2 Å². The highest BCUT2D eigenvalue weighted by Gasteiger charge is 2.34. The van der Waals surface area contributed by atoms with Gasteiger partial charge in [-0.1, -0.05) is 54.4 Å². The molecule has 0 heterocycles. The van der Waals surface area contributed by atoms with E-state index in [4.69, 9.17) is 11.5 Å². The first-order chi connectivity index (χ1) is 15.2. The molecule has 0 aliphatic rings. The average Bonchev–Trinajstić information content (AvgIpc) is 2.72. The maximum atomic E-state index is 13.1. The zero-order valence-electron chi connectivity index (χ0n) is 20.5. The second kappa shape index (κ2) is 14.5. The van der Waals surface area contributed by atoms with E-state index in [2.05, 4.69) is 16.0 Å². The molecule has 0 aromatic rings. The Kier molecular flexibility index (Phi) is 13.3. The predicted octanol–water partition coefficient (Wildman–Crippen LogP) is -0.134. The number of carboxylic acid groups (broad SMARTS) is 1. The first-order valence-corrected chi connectivity index (χ1v) is 11.4. The van der Waals surface area contributed by atoms with Crippen LogP contribution < -0.4 is 27.4 Å². The van der Waals surface area contributed by atoms with Crippen LogP contribution in [0, 0.1) is 17.8 Å². The molecule has 6 unspecified atom stereocenters. The third kappa shape index (κ3) is 10.6. The topological polar surface area (TPSA) is 194 Å². The van der Waals surface area contributed by atoms with Gasteiger partial charge in [0.05, 0.1) is 12.5 Å². The normalized spacial score (nSPS) is 16.6. The molecule has 0 aromatic heterocycles. The summed E-state index contributed by atoms with van der Waals surface area (Å²) in [6.45, 7) is 10.9. The second-order valence-corrected chi connectivity index (χ2v) is 9.05. The van der Waals surface area contributed by atoms with Gasteiger partial charge in [0.1, 0.15) is 18.1 Å². The Morgan fingerprint density at radius 3 is 1.58 bits per heavy atom. The standard InChI is InChI=1S/C22H41N5O6/c1-7-12(5)17(20(30)25-15(22(32)33)9-11(3)4)27-21(31)18(13(6)8-2)26-19(29)14(23)10-16(24)28/h11-15,17-18H,7-10,23H2,1-6H3,(H2,24,28)(H,25,30)(H,26,29)(H,27,31)(H,32,33). The van der Waals surface area contributed by atoms with Crippen molar-refractivity contribution in [3.63, 3.8) is 0 Å². The van der Waals surface area contributed by atoms with Gasteiger partial charge >= 0.3 is 5.97 Å². The van der Waals surface area contributed by atoms with E-state index in [0.29, 0.717) is 12.8 Å². The Morgan fingerprint density at radius 1 is 0.788 bits per heavy atom. The molecule has 190 valence electrons. The van der Waals surface area contributed by atoms with Gasteiger partial charge < -0.3 is 32.5 Å². The summed E-state index contributed by atoms with van der Waals surface area (Å²) in [7, 11) is 0. The molecule has 4 amide bonds. The monoisotopic (exact) mass is 471 g/mol. The van der Waals surface area contributed by atoms with Gasteiger partial charge in [-0.15, -0.1) is 0 Å². The summed E-state index contributed by atoms with van der Waals surface area (Å²) in [5.41, 5.74) is 10.8. The molecular formula is C22H41N5O6. The van der Waals surface area contributed by atoms with Crippen molar-refractivity contribution in [1.82, 2.24) is 16.0 Å². The number of primary amides is 1. The number of carbonyl (C=O) groups is 5. The predicted molar refractivity (Wildman–Crippen MR) is 124 cm³/mol. The SMILES string of the molecule is CCC(C)C(NC(=O)C(N)CC(N)=O)C(=O)NC(C(=O)NC(CC(C)C)C(=O)O)C(C)CC. The molecular weight excluding hydrogens is 430 g/mol. The number of hydrogen-bond donors (Lipinski definition) is 6. The molecule has 0 spiro atoms. The van der Waals surface area contributed by atoms with E-state index in [1.165, 1.54) is 0 Å². The summed E-state index contributed by atoms with van der Waals surface area (Å²) in [6, 6.07) is -4.30. The number of rotatable bonds is 15. The summed E-state index contributed by atoms with van der Waals surface area (Å²) in [5.74, 6) is -4.37. The van der Waals surface area contributed by atoms with Gasteiger partial charge in [0, 0.05) is 0 Å². The summed E-state index contributed by atoms with van der Waals surface area (Å²) in [4.78, 5) is 61.0. The molecule has 0 saturated heterocycles. The lowest BCUT2D eigenvalue weighted by molar-refractivity contribution is -0.143. The molecule has 11 nitrogen and oxygen atoms in total. The Bertz CT molecular complexity index is 699. The number of amides is 4. The summed E-state index contributed by atoms with van der Waals surface area (Å²) in [6.07, 6.45) is 0.958. The summed E-state index contributed by atoms with van der Waals surface area (Å²) >= 11 is 0. The summed E-state index contributed by atoms with van der Waals surface area (Å²) < 4.78 is 0. The van der Waals surface area contributed by atoms with E-state index >= 15 is 0 Å². The van der Waals surface area contributed by atoms with E-state index in [1.807, 2.05) is 27.7 Å². The third-order valence-electron chi connectivity index (χ3n) is 5.67. The van der Waals surface area contributed by atoms with Gasteiger partial charge in [-0.05, 0) is 24.2 Å². The van der Waals surface area contributed by atoms with Crippen molar-refractivity contribution < 1.29 is 29.1 Å². The Hall–Kier alpha value is -2.69. The molecule has 0 bridgehead atoms. The van der Waals surface area contributed by atoms with E-state index in [1.54, 1.807) is 13.8 Å². The Balaban J connectivity index is 5.62. The fraction of sp³-hybridized carbons (Fsp3) is 0.773. The Morgan fingerprint density at radius 2 is 1.21 bits per heavy atom. The first-order valence-electron chi connectivity index (χ1n) is 11.4. The highest BCUT2D eigenvalue weighted by atomic mass is 16.4. The Labute approximate surface area is 195 Å². The molecule has 0 radical (unpaired) electrons. The van der Waals surface area contributed by atoms with Gasteiger partial charge in [-0.2, -0.15) is 0 Å². The van der Waals surface area contributed by atoms with Crippen molar-refractivity contribution in [2.75, 3.05) is 0 Å². The zero-order valence-corrected chi connectivity index (χ0v) is 20.5. The van der Waals surface area contributed by atoms with Gasteiger partial charge in [0.15, 0.2) is 0 Å². The zero-order chi connectivity index (χ0) is 25.9. The van der Waals surface area contributed by atoms with Crippen LogP contribution >= 0.6 is 0 Å². The van der Waals surface area contributed by atoms with Crippen LogP contribution in [0.5, 0.6) is 0 Å². The van der Waals surface area contributed by atoms with Crippen molar-refractivity contribution in [3.05, 3.63) is 0 Å². The number of nitrogens with one attached hydrogen (secondary N) is 3. The number of nitrogens with two attached hydrogens (primary N) is 2. The van der Waals surface area contributed by atoms with Gasteiger partial charge in [0.25, 0.3) is 0 Å². The quantitative estimate of drug-likeness (QED) is 0.191. The highest BCUT2D eigenvalue weighted by molar-refractivity contribution is 5.95. The number of hydrogen-bond acceptors (Lipinski definition) is 6. The van der Waals surface area contributed by atoms with Crippen LogP contribution in [-0.4, -0.2) is 58.9 Å². The van der Waals surface area contributed by atoms with Crippen molar-refractivity contribution in [1.29, 1.82) is 0 Å². The molecule has 6 atom stereocenters. The molecule has 0 aliphatic heterocycles. The molecule has 0 aromatic carbocycles. The maximum absolute atomic E-state index is 13.1. The van der Waals surface area contributed by atoms with Crippen LogP contribution in [0.1, 0.15) is 67.2 Å².